The number of likely N-dealkylation sites (tertiary alicyclic amines) is 1. The van der Waals surface area contributed by atoms with E-state index in [2.05, 4.69) is 15.3 Å². The van der Waals surface area contributed by atoms with E-state index in [0.29, 0.717) is 42.3 Å². The smallest absolute Gasteiger partial charge is 0.475 e. The number of carboxylic acid groups (broad SMARTS) is 1. The molecular weight excluding hydrogens is 421 g/mol. The maximum Gasteiger partial charge on any atom is 0.490 e. The summed E-state index contributed by atoms with van der Waals surface area (Å²) in [6, 6.07) is 3.52. The van der Waals surface area contributed by atoms with Gasteiger partial charge < -0.3 is 24.5 Å². The molecule has 0 aromatic carbocycles. The van der Waals surface area contributed by atoms with Crippen LogP contribution in [0, 0.1) is 18.8 Å². The summed E-state index contributed by atoms with van der Waals surface area (Å²) in [5.41, 5.74) is 0.641. The Kier molecular flexibility index (Phi) is 6.78. The van der Waals surface area contributed by atoms with Crippen molar-refractivity contribution in [1.29, 1.82) is 0 Å². The first-order valence-corrected chi connectivity index (χ1v) is 9.42. The van der Waals surface area contributed by atoms with Crippen LogP contribution in [-0.4, -0.2) is 70.4 Å². The van der Waals surface area contributed by atoms with Crippen molar-refractivity contribution in [3.05, 3.63) is 42.1 Å². The Balaban J connectivity index is 0.000000339. The molecule has 168 valence electrons. The zero-order valence-corrected chi connectivity index (χ0v) is 16.5. The first-order chi connectivity index (χ1) is 14.7. The molecular formula is C19H21F3N4O5. The molecule has 4 rings (SSSR count). The highest BCUT2D eigenvalue weighted by Gasteiger charge is 2.45. The van der Waals surface area contributed by atoms with E-state index in [9.17, 15) is 18.0 Å². The molecule has 2 N–H and O–H groups in total. The van der Waals surface area contributed by atoms with Gasteiger partial charge in [0.2, 0.25) is 5.95 Å². The molecule has 0 aliphatic carbocycles. The molecule has 9 nitrogen and oxygen atoms in total. The number of amides is 1. The van der Waals surface area contributed by atoms with Gasteiger partial charge in [-0.1, -0.05) is 0 Å². The molecule has 0 saturated carbocycles. The number of halogens is 3. The molecule has 31 heavy (non-hydrogen) atoms. The van der Waals surface area contributed by atoms with Gasteiger partial charge in [0.05, 0.1) is 24.5 Å². The lowest BCUT2D eigenvalue weighted by Gasteiger charge is -2.20. The number of nitrogens with one attached hydrogen (secondary N) is 1. The zero-order chi connectivity index (χ0) is 22.6. The minimum Gasteiger partial charge on any atom is -0.475 e. The lowest BCUT2D eigenvalue weighted by molar-refractivity contribution is -0.192. The van der Waals surface area contributed by atoms with Gasteiger partial charge in [-0.25, -0.2) is 14.8 Å². The van der Waals surface area contributed by atoms with Gasteiger partial charge in [0.15, 0.2) is 0 Å². The van der Waals surface area contributed by atoms with E-state index in [0.717, 1.165) is 13.1 Å². The number of nitrogens with zero attached hydrogens (tertiary/aromatic N) is 3. The van der Waals surface area contributed by atoms with Crippen molar-refractivity contribution in [3.63, 3.8) is 0 Å². The number of hydrogen-bond acceptors (Lipinski definition) is 7. The summed E-state index contributed by atoms with van der Waals surface area (Å²) >= 11 is 0. The molecule has 12 heteroatoms. The lowest BCUT2D eigenvalue weighted by Crippen LogP contribution is -2.32. The largest absolute Gasteiger partial charge is 0.490 e. The van der Waals surface area contributed by atoms with Gasteiger partial charge in [0, 0.05) is 43.9 Å². The molecule has 1 amide bonds. The van der Waals surface area contributed by atoms with Crippen molar-refractivity contribution in [3.8, 4) is 0 Å². The number of rotatable bonds is 4. The van der Waals surface area contributed by atoms with Crippen LogP contribution in [0.2, 0.25) is 0 Å². The Labute approximate surface area is 175 Å². The third-order valence-electron chi connectivity index (χ3n) is 5.15. The number of furan rings is 1. The standard InChI is InChI=1S/C17H20N4O3.C2HF3O2/c1-11-13(3-6-23-11)16(22)21-8-14-12(10-24-15(14)9-21)7-20-17-18-4-2-5-19-17;3-2(4,5)1(6)7/h2-6,12,14-15H,7-10H2,1H3,(H,18,19,20);(H,6,7)/t12-,14+,15+;/m0./s1. The van der Waals surface area contributed by atoms with Crippen LogP contribution >= 0.6 is 0 Å². The van der Waals surface area contributed by atoms with E-state index in [1.54, 1.807) is 30.8 Å². The van der Waals surface area contributed by atoms with E-state index in [4.69, 9.17) is 19.1 Å². The first-order valence-electron chi connectivity index (χ1n) is 9.42. The fraction of sp³-hybridized carbons (Fsp3) is 0.474. The third-order valence-corrected chi connectivity index (χ3v) is 5.15. The molecule has 3 atom stereocenters. The van der Waals surface area contributed by atoms with E-state index >= 15 is 0 Å². The number of aromatic nitrogens is 2. The van der Waals surface area contributed by atoms with Crippen LogP contribution in [-0.2, 0) is 9.53 Å². The molecule has 2 fully saturated rings. The van der Waals surface area contributed by atoms with E-state index in [-0.39, 0.29) is 12.0 Å². The number of carbonyl (C=O) groups is 2. The van der Waals surface area contributed by atoms with Crippen molar-refractivity contribution in [2.75, 3.05) is 31.6 Å². The summed E-state index contributed by atoms with van der Waals surface area (Å²) in [7, 11) is 0. The van der Waals surface area contributed by atoms with Crippen molar-refractivity contribution in [2.45, 2.75) is 19.2 Å². The molecule has 0 radical (unpaired) electrons. The number of hydrogen-bond donors (Lipinski definition) is 2. The number of anilines is 1. The number of aliphatic carboxylic acids is 1. The predicted molar refractivity (Wildman–Crippen MR) is 100 cm³/mol. The van der Waals surface area contributed by atoms with Gasteiger partial charge in [-0.3, -0.25) is 4.79 Å². The molecule has 2 aliphatic rings. The third kappa shape index (κ3) is 5.51. The Morgan fingerprint density at radius 1 is 1.29 bits per heavy atom. The van der Waals surface area contributed by atoms with Crippen molar-refractivity contribution in [1.82, 2.24) is 14.9 Å². The monoisotopic (exact) mass is 442 g/mol. The van der Waals surface area contributed by atoms with Gasteiger partial charge in [-0.2, -0.15) is 13.2 Å². The average molecular weight is 442 g/mol. The van der Waals surface area contributed by atoms with Gasteiger partial charge in [0.1, 0.15) is 5.76 Å². The Bertz CT molecular complexity index is 905. The SMILES string of the molecule is Cc1occc1C(=O)N1C[C@@H]2[C@@H](CNc3ncccn3)CO[C@@H]2C1.O=C(O)C(F)(F)F. The van der Waals surface area contributed by atoms with Gasteiger partial charge >= 0.3 is 12.1 Å². The highest BCUT2D eigenvalue weighted by Crippen LogP contribution is 2.34. The van der Waals surface area contributed by atoms with E-state index in [1.807, 2.05) is 11.8 Å². The maximum atomic E-state index is 12.6. The Hall–Kier alpha value is -3.15. The summed E-state index contributed by atoms with van der Waals surface area (Å²) < 4.78 is 42.9. The minimum absolute atomic E-state index is 0.0253. The van der Waals surface area contributed by atoms with Crippen LogP contribution in [0.25, 0.3) is 0 Å². The van der Waals surface area contributed by atoms with E-state index in [1.165, 1.54) is 0 Å². The minimum atomic E-state index is -5.08. The van der Waals surface area contributed by atoms with Gasteiger partial charge in [-0.15, -0.1) is 0 Å². The average Bonchev–Trinajstić information content (AvgIpc) is 3.42. The van der Waals surface area contributed by atoms with Crippen molar-refractivity contribution >= 4 is 17.8 Å². The number of aryl methyl sites for hydroxylation is 1. The van der Waals surface area contributed by atoms with Crippen LogP contribution in [0.15, 0.2) is 35.2 Å². The summed E-state index contributed by atoms with van der Waals surface area (Å²) in [5, 5.41) is 10.4. The van der Waals surface area contributed by atoms with Gasteiger partial charge in [0.25, 0.3) is 5.91 Å². The van der Waals surface area contributed by atoms with Gasteiger partial charge in [-0.05, 0) is 19.1 Å². The van der Waals surface area contributed by atoms with Crippen LogP contribution in [0.4, 0.5) is 19.1 Å². The second kappa shape index (κ2) is 9.33. The molecule has 4 heterocycles. The van der Waals surface area contributed by atoms with Crippen LogP contribution in [0.5, 0.6) is 0 Å². The van der Waals surface area contributed by atoms with Crippen LogP contribution in [0.1, 0.15) is 16.1 Å². The molecule has 0 bridgehead atoms. The summed E-state index contributed by atoms with van der Waals surface area (Å²) in [4.78, 5) is 31.7. The Morgan fingerprint density at radius 2 is 1.97 bits per heavy atom. The highest BCUT2D eigenvalue weighted by atomic mass is 19.4. The number of fused-ring (bicyclic) bond motifs is 1. The molecule has 2 aromatic rings. The molecule has 2 saturated heterocycles. The fourth-order valence-electron chi connectivity index (χ4n) is 3.56. The number of carboxylic acids is 1. The summed E-state index contributed by atoms with van der Waals surface area (Å²) in [5.74, 6) is -0.748. The van der Waals surface area contributed by atoms with Crippen molar-refractivity contribution < 1.29 is 37.0 Å². The van der Waals surface area contributed by atoms with E-state index < -0.39 is 12.1 Å². The molecule has 0 spiro atoms. The van der Waals surface area contributed by atoms with Crippen LogP contribution < -0.4 is 5.32 Å². The van der Waals surface area contributed by atoms with Crippen LogP contribution in [0.3, 0.4) is 0 Å². The molecule has 0 unspecified atom stereocenters. The second-order valence-electron chi connectivity index (χ2n) is 7.15. The predicted octanol–water partition coefficient (Wildman–Crippen LogP) is 2.21. The molecule has 2 aliphatic heterocycles. The Morgan fingerprint density at radius 3 is 2.55 bits per heavy atom. The second-order valence-corrected chi connectivity index (χ2v) is 7.15. The lowest BCUT2D eigenvalue weighted by atomic mass is 9.93. The topological polar surface area (TPSA) is 118 Å². The summed E-state index contributed by atoms with van der Waals surface area (Å²) in [6.45, 7) is 4.63. The maximum absolute atomic E-state index is 12.6. The normalized spacial score (nSPS) is 22.5. The molecule has 2 aromatic heterocycles. The number of alkyl halides is 3. The highest BCUT2D eigenvalue weighted by molar-refractivity contribution is 5.95. The van der Waals surface area contributed by atoms with Crippen molar-refractivity contribution in [2.24, 2.45) is 11.8 Å². The number of ether oxygens (including phenoxy) is 1. The zero-order valence-electron chi connectivity index (χ0n) is 16.5. The quantitative estimate of drug-likeness (QED) is 0.740. The summed E-state index contributed by atoms with van der Waals surface area (Å²) in [6.07, 6.45) is 0.0197. The number of carbonyl (C=O) groups excluding carboxylic acids is 1. The fourth-order valence-corrected chi connectivity index (χ4v) is 3.56. The first kappa shape index (κ1) is 22.5.